The Bertz CT molecular complexity index is 1100. The average Bonchev–Trinajstić information content (AvgIpc) is 3.39. The smallest absolute Gasteiger partial charge is 0.237 e. The van der Waals surface area contributed by atoms with E-state index in [1.807, 2.05) is 55.5 Å². The quantitative estimate of drug-likeness (QED) is 0.413. The summed E-state index contributed by atoms with van der Waals surface area (Å²) in [6.07, 6.45) is 0. The first kappa shape index (κ1) is 19.2. The number of methoxy groups -OCH3 is 1. The van der Waals surface area contributed by atoms with Gasteiger partial charge >= 0.3 is 0 Å². The van der Waals surface area contributed by atoms with E-state index in [-0.39, 0.29) is 0 Å². The summed E-state index contributed by atoms with van der Waals surface area (Å²) in [4.78, 5) is 4.53. The van der Waals surface area contributed by atoms with Gasteiger partial charge in [-0.3, -0.25) is 0 Å². The zero-order chi connectivity index (χ0) is 20.2. The molecule has 8 heteroatoms. The monoisotopic (exact) mass is 407 g/mol. The first-order valence-electron chi connectivity index (χ1n) is 9.28. The second-order valence-electron chi connectivity index (χ2n) is 6.39. The van der Waals surface area contributed by atoms with Crippen LogP contribution in [0.3, 0.4) is 0 Å². The molecule has 0 saturated heterocycles. The Labute approximate surface area is 173 Å². The number of nitrogens with zero attached hydrogens (tertiary/aromatic N) is 5. The van der Waals surface area contributed by atoms with Crippen LogP contribution < -0.4 is 4.74 Å². The van der Waals surface area contributed by atoms with Gasteiger partial charge in [0.1, 0.15) is 5.75 Å². The number of hydrogen-bond donors (Lipinski definition) is 0. The minimum absolute atomic E-state index is 0.527. The van der Waals surface area contributed by atoms with Gasteiger partial charge < -0.3 is 13.8 Å². The molecule has 0 bridgehead atoms. The van der Waals surface area contributed by atoms with Crippen LogP contribution in [-0.4, -0.2) is 32.0 Å². The second-order valence-corrected chi connectivity index (χ2v) is 7.34. The van der Waals surface area contributed by atoms with Gasteiger partial charge in [-0.1, -0.05) is 41.2 Å². The van der Waals surface area contributed by atoms with Gasteiger partial charge in [0.25, 0.3) is 0 Å². The van der Waals surface area contributed by atoms with Gasteiger partial charge in [0, 0.05) is 17.7 Å². The third-order valence-corrected chi connectivity index (χ3v) is 5.51. The lowest BCUT2D eigenvalue weighted by molar-refractivity contribution is 0.391. The summed E-state index contributed by atoms with van der Waals surface area (Å²) < 4.78 is 12.7. The first-order valence-corrected chi connectivity index (χ1v) is 10.3. The van der Waals surface area contributed by atoms with Crippen molar-refractivity contribution >= 4 is 11.8 Å². The molecular weight excluding hydrogens is 386 g/mol. The summed E-state index contributed by atoms with van der Waals surface area (Å²) in [7, 11) is 1.65. The number of aromatic nitrogens is 5. The molecule has 0 radical (unpaired) electrons. The highest BCUT2D eigenvalue weighted by Gasteiger charge is 2.16. The molecule has 0 aliphatic rings. The molecule has 0 aliphatic heterocycles. The van der Waals surface area contributed by atoms with Gasteiger partial charge in [-0.25, -0.2) is 0 Å². The van der Waals surface area contributed by atoms with Gasteiger partial charge in [-0.2, -0.15) is 4.98 Å². The van der Waals surface area contributed by atoms with Crippen LogP contribution in [0.4, 0.5) is 0 Å². The highest BCUT2D eigenvalue weighted by atomic mass is 32.2. The Hall–Kier alpha value is -3.13. The van der Waals surface area contributed by atoms with Crippen molar-refractivity contribution in [3.63, 3.8) is 0 Å². The zero-order valence-corrected chi connectivity index (χ0v) is 17.3. The van der Waals surface area contributed by atoms with Gasteiger partial charge in [0.2, 0.25) is 11.7 Å². The van der Waals surface area contributed by atoms with Crippen LogP contribution in [0, 0.1) is 6.92 Å². The van der Waals surface area contributed by atoms with Crippen molar-refractivity contribution in [1.29, 1.82) is 0 Å². The summed E-state index contributed by atoms with van der Waals surface area (Å²) in [6, 6.07) is 15.8. The average molecular weight is 407 g/mol. The molecule has 4 aromatic rings. The summed E-state index contributed by atoms with van der Waals surface area (Å²) in [5, 5.41) is 13.7. The van der Waals surface area contributed by atoms with E-state index in [2.05, 4.69) is 31.8 Å². The van der Waals surface area contributed by atoms with Crippen molar-refractivity contribution in [2.45, 2.75) is 31.3 Å². The van der Waals surface area contributed by atoms with Crippen molar-refractivity contribution in [3.8, 4) is 28.5 Å². The van der Waals surface area contributed by atoms with E-state index in [0.717, 1.165) is 40.0 Å². The number of aryl methyl sites for hydroxylation is 1. The van der Waals surface area contributed by atoms with Gasteiger partial charge in [-0.15, -0.1) is 10.2 Å². The molecule has 0 amide bonds. The molecule has 7 nitrogen and oxygen atoms in total. The number of rotatable bonds is 7. The molecule has 0 N–H and O–H groups in total. The van der Waals surface area contributed by atoms with Crippen LogP contribution in [0.5, 0.6) is 5.75 Å². The third-order valence-electron chi connectivity index (χ3n) is 4.56. The first-order chi connectivity index (χ1) is 14.2. The Balaban J connectivity index is 1.50. The predicted octanol–water partition coefficient (Wildman–Crippen LogP) is 4.62. The Kier molecular flexibility index (Phi) is 5.62. The van der Waals surface area contributed by atoms with Crippen molar-refractivity contribution in [2.24, 2.45) is 0 Å². The largest absolute Gasteiger partial charge is 0.497 e. The molecule has 0 unspecified atom stereocenters. The van der Waals surface area contributed by atoms with E-state index in [0.29, 0.717) is 17.5 Å². The highest BCUT2D eigenvalue weighted by Crippen LogP contribution is 2.28. The molecule has 0 aliphatic carbocycles. The number of hydrogen-bond acceptors (Lipinski definition) is 7. The fourth-order valence-corrected chi connectivity index (χ4v) is 3.85. The Morgan fingerprint density at radius 2 is 1.86 bits per heavy atom. The van der Waals surface area contributed by atoms with E-state index in [4.69, 9.17) is 9.26 Å². The normalized spacial score (nSPS) is 11.0. The van der Waals surface area contributed by atoms with E-state index in [1.165, 1.54) is 11.8 Å². The van der Waals surface area contributed by atoms with Crippen molar-refractivity contribution < 1.29 is 9.26 Å². The van der Waals surface area contributed by atoms with Crippen LogP contribution >= 0.6 is 11.8 Å². The number of benzene rings is 2. The summed E-state index contributed by atoms with van der Waals surface area (Å²) in [5.41, 5.74) is 3.08. The molecule has 2 aromatic heterocycles. The van der Waals surface area contributed by atoms with E-state index in [1.54, 1.807) is 7.11 Å². The fourth-order valence-electron chi connectivity index (χ4n) is 3.01. The third kappa shape index (κ3) is 4.02. The lowest BCUT2D eigenvalue weighted by Gasteiger charge is -2.07. The van der Waals surface area contributed by atoms with E-state index >= 15 is 0 Å². The molecule has 148 valence electrons. The van der Waals surface area contributed by atoms with Crippen LogP contribution in [-0.2, 0) is 12.3 Å². The van der Waals surface area contributed by atoms with Crippen LogP contribution in [0.15, 0.2) is 58.2 Å². The number of thioether (sulfide) groups is 1. The lowest BCUT2D eigenvalue weighted by Crippen LogP contribution is -2.00. The van der Waals surface area contributed by atoms with Crippen molar-refractivity contribution in [1.82, 2.24) is 24.9 Å². The topological polar surface area (TPSA) is 78.9 Å². The SMILES string of the molecule is CCn1c(SCc2nc(-c3ccccc3C)no2)nnc1-c1ccc(OC)cc1. The maximum atomic E-state index is 5.43. The lowest BCUT2D eigenvalue weighted by atomic mass is 10.1. The van der Waals surface area contributed by atoms with Crippen LogP contribution in [0.1, 0.15) is 18.4 Å². The molecule has 0 spiro atoms. The molecule has 0 saturated carbocycles. The summed E-state index contributed by atoms with van der Waals surface area (Å²) in [6.45, 7) is 4.86. The molecule has 29 heavy (non-hydrogen) atoms. The minimum Gasteiger partial charge on any atom is -0.497 e. The Morgan fingerprint density at radius 1 is 1.07 bits per heavy atom. The Morgan fingerprint density at radius 3 is 2.59 bits per heavy atom. The molecule has 4 rings (SSSR count). The maximum Gasteiger partial charge on any atom is 0.237 e. The highest BCUT2D eigenvalue weighted by molar-refractivity contribution is 7.98. The number of ether oxygens (including phenoxy) is 1. The van der Waals surface area contributed by atoms with E-state index in [9.17, 15) is 0 Å². The standard InChI is InChI=1S/C21H21N5O2S/c1-4-26-20(15-9-11-16(27-3)12-10-15)23-24-21(26)29-13-18-22-19(25-28-18)17-8-6-5-7-14(17)2/h5-12H,4,13H2,1-3H3. The van der Waals surface area contributed by atoms with Gasteiger partial charge in [-0.05, 0) is 43.7 Å². The van der Waals surface area contributed by atoms with Crippen molar-refractivity contribution in [3.05, 3.63) is 60.0 Å². The van der Waals surface area contributed by atoms with Gasteiger partial charge in [0.05, 0.1) is 12.9 Å². The molecule has 2 aromatic carbocycles. The second kappa shape index (κ2) is 8.48. The summed E-state index contributed by atoms with van der Waals surface area (Å²) >= 11 is 1.53. The van der Waals surface area contributed by atoms with E-state index < -0.39 is 0 Å². The zero-order valence-electron chi connectivity index (χ0n) is 16.5. The predicted molar refractivity (Wildman–Crippen MR) is 112 cm³/mol. The van der Waals surface area contributed by atoms with Crippen molar-refractivity contribution in [2.75, 3.05) is 7.11 Å². The van der Waals surface area contributed by atoms with Crippen LogP contribution in [0.25, 0.3) is 22.8 Å². The molecule has 2 heterocycles. The molecule has 0 fully saturated rings. The molecular formula is C21H21N5O2S. The minimum atomic E-state index is 0.527. The summed E-state index contributed by atoms with van der Waals surface area (Å²) in [5.74, 6) is 3.33. The van der Waals surface area contributed by atoms with Gasteiger partial charge in [0.15, 0.2) is 11.0 Å². The maximum absolute atomic E-state index is 5.43. The molecule has 0 atom stereocenters. The van der Waals surface area contributed by atoms with Crippen LogP contribution in [0.2, 0.25) is 0 Å². The fraction of sp³-hybridized carbons (Fsp3) is 0.238.